The molecule has 0 atom stereocenters. The topological polar surface area (TPSA) is 34.4 Å². The zero-order chi connectivity index (χ0) is 12.7. The predicted molar refractivity (Wildman–Crippen MR) is 72.4 cm³/mol. The van der Waals surface area contributed by atoms with Gasteiger partial charge >= 0.3 is 0 Å². The monoisotopic (exact) mass is 262 g/mol. The number of hydrogen-bond donors (Lipinski definition) is 0. The second-order valence-electron chi connectivity index (χ2n) is 4.90. The van der Waals surface area contributed by atoms with E-state index in [0.717, 1.165) is 6.42 Å². The summed E-state index contributed by atoms with van der Waals surface area (Å²) in [5.41, 5.74) is 2.51. The minimum Gasteiger partial charge on any atom is -0.269 e. The van der Waals surface area contributed by atoms with Crippen molar-refractivity contribution < 1.29 is 0 Å². The van der Waals surface area contributed by atoms with E-state index in [-0.39, 0.29) is 5.56 Å². The van der Waals surface area contributed by atoms with Gasteiger partial charge in [-0.05, 0) is 42.9 Å². The zero-order valence-electron chi connectivity index (χ0n) is 10.3. The van der Waals surface area contributed by atoms with Crippen molar-refractivity contribution in [2.45, 2.75) is 38.5 Å². The fourth-order valence-corrected chi connectivity index (χ4v) is 2.56. The van der Waals surface area contributed by atoms with Gasteiger partial charge in [-0.25, -0.2) is 4.98 Å². The highest BCUT2D eigenvalue weighted by Gasteiger charge is 2.24. The second-order valence-corrected chi connectivity index (χ2v) is 5.26. The first-order chi connectivity index (χ1) is 8.70. The van der Waals surface area contributed by atoms with E-state index in [1.54, 1.807) is 4.40 Å². The van der Waals surface area contributed by atoms with Crippen molar-refractivity contribution in [2.75, 3.05) is 0 Å². The Balaban J connectivity index is 2.20. The maximum absolute atomic E-state index is 12.3. The average Bonchev–Trinajstić information content (AvgIpc) is 3.18. The number of hydrogen-bond acceptors (Lipinski definition) is 2. The van der Waals surface area contributed by atoms with Crippen LogP contribution in [0.1, 0.15) is 43.2 Å². The van der Waals surface area contributed by atoms with Gasteiger partial charge in [-0.2, -0.15) is 0 Å². The number of aromatic nitrogens is 2. The summed E-state index contributed by atoms with van der Waals surface area (Å²) >= 11 is 6.11. The van der Waals surface area contributed by atoms with Crippen LogP contribution in [0.3, 0.4) is 0 Å². The molecule has 1 saturated carbocycles. The molecule has 18 heavy (non-hydrogen) atoms. The van der Waals surface area contributed by atoms with Crippen LogP contribution in [0.25, 0.3) is 5.65 Å². The van der Waals surface area contributed by atoms with Crippen molar-refractivity contribution in [1.82, 2.24) is 9.38 Å². The summed E-state index contributed by atoms with van der Waals surface area (Å²) in [6.45, 7) is 2.03. The average molecular weight is 263 g/mol. The molecule has 0 radical (unpaired) electrons. The fraction of sp³-hybridized carbons (Fsp3) is 0.429. The molecule has 2 heterocycles. The van der Waals surface area contributed by atoms with Crippen molar-refractivity contribution in [3.63, 3.8) is 0 Å². The number of halogens is 1. The van der Waals surface area contributed by atoms with Crippen molar-refractivity contribution in [1.29, 1.82) is 0 Å². The van der Waals surface area contributed by atoms with Crippen molar-refractivity contribution in [2.24, 2.45) is 0 Å². The first-order valence-electron chi connectivity index (χ1n) is 6.41. The van der Waals surface area contributed by atoms with Crippen LogP contribution in [0, 0.1) is 0 Å². The molecule has 94 valence electrons. The molecule has 1 aliphatic carbocycles. The largest absolute Gasteiger partial charge is 0.269 e. The van der Waals surface area contributed by atoms with Crippen LogP contribution >= 0.6 is 11.6 Å². The molecule has 0 saturated heterocycles. The lowest BCUT2D eigenvalue weighted by Gasteiger charge is -2.07. The zero-order valence-corrected chi connectivity index (χ0v) is 11.1. The van der Waals surface area contributed by atoms with Crippen LogP contribution in [-0.2, 0) is 6.42 Å². The van der Waals surface area contributed by atoms with Crippen LogP contribution < -0.4 is 5.56 Å². The van der Waals surface area contributed by atoms with Gasteiger partial charge in [0.05, 0.1) is 5.56 Å². The Morgan fingerprint density at radius 2 is 2.28 bits per heavy atom. The third kappa shape index (κ3) is 1.93. The maximum Gasteiger partial charge on any atom is 0.262 e. The van der Waals surface area contributed by atoms with Gasteiger partial charge in [-0.1, -0.05) is 24.9 Å². The van der Waals surface area contributed by atoms with E-state index >= 15 is 0 Å². The van der Waals surface area contributed by atoms with Gasteiger partial charge in [-0.15, -0.1) is 0 Å². The standard InChI is InChI=1S/C14H15ClN2O/c1-2-3-11-13(15)16-12-8-10(9-4-5-9)6-7-17(12)14(11)18/h6-9H,2-5H2,1H3. The van der Waals surface area contributed by atoms with Crippen LogP contribution in [0.2, 0.25) is 5.15 Å². The minimum absolute atomic E-state index is 0.0332. The number of pyridine rings is 1. The van der Waals surface area contributed by atoms with Gasteiger partial charge < -0.3 is 0 Å². The molecule has 1 fully saturated rings. The third-order valence-electron chi connectivity index (χ3n) is 3.45. The molecular formula is C14H15ClN2O. The second kappa shape index (κ2) is 4.39. The Bertz CT molecular complexity index is 659. The van der Waals surface area contributed by atoms with E-state index in [9.17, 15) is 4.79 Å². The Kier molecular flexibility index (Phi) is 2.86. The molecule has 3 rings (SSSR count). The molecule has 2 aromatic rings. The van der Waals surface area contributed by atoms with Crippen LogP contribution in [0.15, 0.2) is 23.1 Å². The minimum atomic E-state index is -0.0332. The SMILES string of the molecule is CCCc1c(Cl)nc2cc(C3CC3)ccn2c1=O. The molecule has 0 unspecified atom stereocenters. The lowest BCUT2D eigenvalue weighted by molar-refractivity contribution is 0.873. The number of nitrogens with zero attached hydrogens (tertiary/aromatic N) is 2. The van der Waals surface area contributed by atoms with E-state index in [1.807, 2.05) is 25.3 Å². The molecule has 2 aromatic heterocycles. The summed E-state index contributed by atoms with van der Waals surface area (Å²) in [6.07, 6.45) is 5.87. The highest BCUT2D eigenvalue weighted by atomic mass is 35.5. The molecule has 0 amide bonds. The van der Waals surface area contributed by atoms with Gasteiger partial charge in [0.2, 0.25) is 0 Å². The molecular weight excluding hydrogens is 248 g/mol. The molecule has 0 N–H and O–H groups in total. The molecule has 1 aliphatic rings. The normalized spacial score (nSPS) is 15.2. The van der Waals surface area contributed by atoms with Crippen LogP contribution in [0.4, 0.5) is 0 Å². The number of rotatable bonds is 3. The molecule has 0 bridgehead atoms. The van der Waals surface area contributed by atoms with Gasteiger partial charge in [0, 0.05) is 6.20 Å². The maximum atomic E-state index is 12.3. The van der Waals surface area contributed by atoms with E-state index in [4.69, 9.17) is 11.6 Å². The summed E-state index contributed by atoms with van der Waals surface area (Å²) < 4.78 is 1.60. The molecule has 0 aliphatic heterocycles. The Morgan fingerprint density at radius 1 is 1.50 bits per heavy atom. The van der Waals surface area contributed by atoms with E-state index in [1.165, 1.54) is 18.4 Å². The molecule has 0 aromatic carbocycles. The van der Waals surface area contributed by atoms with Crippen molar-refractivity contribution in [3.05, 3.63) is 45.0 Å². The van der Waals surface area contributed by atoms with E-state index < -0.39 is 0 Å². The highest BCUT2D eigenvalue weighted by molar-refractivity contribution is 6.30. The van der Waals surface area contributed by atoms with Crippen molar-refractivity contribution >= 4 is 17.2 Å². The van der Waals surface area contributed by atoms with Crippen molar-refractivity contribution in [3.8, 4) is 0 Å². The summed E-state index contributed by atoms with van der Waals surface area (Å²) in [6, 6.07) is 4.01. The quantitative estimate of drug-likeness (QED) is 0.797. The first kappa shape index (κ1) is 11.7. The Labute approximate surface area is 110 Å². The van der Waals surface area contributed by atoms with Crippen LogP contribution in [-0.4, -0.2) is 9.38 Å². The summed E-state index contributed by atoms with van der Waals surface area (Å²) in [4.78, 5) is 16.6. The van der Waals surface area contributed by atoms with Gasteiger partial charge in [0.25, 0.3) is 5.56 Å². The summed E-state index contributed by atoms with van der Waals surface area (Å²) in [7, 11) is 0. The number of fused-ring (bicyclic) bond motifs is 1. The fourth-order valence-electron chi connectivity index (χ4n) is 2.29. The smallest absolute Gasteiger partial charge is 0.262 e. The first-order valence-corrected chi connectivity index (χ1v) is 6.79. The van der Waals surface area contributed by atoms with Gasteiger partial charge in [-0.3, -0.25) is 9.20 Å². The summed E-state index contributed by atoms with van der Waals surface area (Å²) in [5, 5.41) is 0.356. The summed E-state index contributed by atoms with van der Waals surface area (Å²) in [5.74, 6) is 0.654. The van der Waals surface area contributed by atoms with E-state index in [0.29, 0.717) is 28.7 Å². The Hall–Kier alpha value is -1.35. The lowest BCUT2D eigenvalue weighted by atomic mass is 10.1. The molecule has 3 nitrogen and oxygen atoms in total. The lowest BCUT2D eigenvalue weighted by Crippen LogP contribution is -2.20. The Morgan fingerprint density at radius 3 is 2.94 bits per heavy atom. The van der Waals surface area contributed by atoms with Gasteiger partial charge in [0.1, 0.15) is 10.8 Å². The molecule has 4 heteroatoms. The van der Waals surface area contributed by atoms with Crippen LogP contribution in [0.5, 0.6) is 0 Å². The predicted octanol–water partition coefficient (Wildman–Crippen LogP) is 3.18. The highest BCUT2D eigenvalue weighted by Crippen LogP contribution is 2.40. The molecule has 0 spiro atoms. The van der Waals surface area contributed by atoms with Gasteiger partial charge in [0.15, 0.2) is 0 Å². The van der Waals surface area contributed by atoms with E-state index in [2.05, 4.69) is 4.98 Å². The third-order valence-corrected chi connectivity index (χ3v) is 3.76.